The maximum Gasteiger partial charge on any atom is 0.322 e. The highest BCUT2D eigenvalue weighted by molar-refractivity contribution is 5.91. The van der Waals surface area contributed by atoms with Gasteiger partial charge in [-0.15, -0.1) is 0 Å². The summed E-state index contributed by atoms with van der Waals surface area (Å²) in [5, 5.41) is 2.95. The van der Waals surface area contributed by atoms with Gasteiger partial charge in [0.05, 0.1) is 12.8 Å². The van der Waals surface area contributed by atoms with Crippen molar-refractivity contribution in [3.8, 4) is 5.75 Å². The van der Waals surface area contributed by atoms with Gasteiger partial charge in [-0.3, -0.25) is 4.90 Å². The number of piperazine rings is 1. The zero-order valence-corrected chi connectivity index (χ0v) is 14.8. The molecular formula is C20H25N3O2. The molecule has 0 aliphatic carbocycles. The van der Waals surface area contributed by atoms with E-state index in [0.717, 1.165) is 26.2 Å². The van der Waals surface area contributed by atoms with Gasteiger partial charge in [0.25, 0.3) is 0 Å². The molecule has 3 rings (SSSR count). The highest BCUT2D eigenvalue weighted by atomic mass is 16.5. The Bertz CT molecular complexity index is 697. The topological polar surface area (TPSA) is 44.8 Å². The minimum Gasteiger partial charge on any atom is -0.495 e. The van der Waals surface area contributed by atoms with Crippen molar-refractivity contribution in [1.29, 1.82) is 0 Å². The summed E-state index contributed by atoms with van der Waals surface area (Å²) in [4.78, 5) is 16.8. The lowest BCUT2D eigenvalue weighted by molar-refractivity contribution is 0.119. The van der Waals surface area contributed by atoms with Crippen molar-refractivity contribution >= 4 is 11.7 Å². The summed E-state index contributed by atoms with van der Waals surface area (Å²) in [7, 11) is 1.61. The molecule has 1 heterocycles. The van der Waals surface area contributed by atoms with E-state index in [0.29, 0.717) is 17.5 Å². The van der Waals surface area contributed by atoms with Crippen molar-refractivity contribution in [2.75, 3.05) is 38.6 Å². The average molecular weight is 339 g/mol. The second kappa shape index (κ2) is 8.03. The van der Waals surface area contributed by atoms with Gasteiger partial charge in [-0.1, -0.05) is 42.5 Å². The molecule has 25 heavy (non-hydrogen) atoms. The molecule has 0 spiro atoms. The number of carbonyl (C=O) groups is 1. The van der Waals surface area contributed by atoms with Gasteiger partial charge in [-0.05, 0) is 24.6 Å². The first-order valence-corrected chi connectivity index (χ1v) is 8.67. The van der Waals surface area contributed by atoms with E-state index in [1.807, 2.05) is 35.2 Å². The van der Waals surface area contributed by atoms with Crippen LogP contribution in [0.3, 0.4) is 0 Å². The molecule has 1 saturated heterocycles. The standard InChI is InChI=1S/C20H25N3O2/c1-16(17-8-4-3-5-9-17)22-12-14-23(15-13-22)20(24)21-18-10-6-7-11-19(18)25-2/h3-11,16H,12-15H2,1-2H3,(H,21,24). The molecule has 0 bridgehead atoms. The van der Waals surface area contributed by atoms with Crippen LogP contribution >= 0.6 is 0 Å². The summed E-state index contributed by atoms with van der Waals surface area (Å²) in [5.41, 5.74) is 2.02. The zero-order valence-electron chi connectivity index (χ0n) is 14.8. The largest absolute Gasteiger partial charge is 0.495 e. The molecule has 1 unspecified atom stereocenters. The van der Waals surface area contributed by atoms with E-state index >= 15 is 0 Å². The van der Waals surface area contributed by atoms with Crippen LogP contribution in [0, 0.1) is 0 Å². The molecule has 0 radical (unpaired) electrons. The van der Waals surface area contributed by atoms with Crippen LogP contribution in [0.4, 0.5) is 10.5 Å². The number of para-hydroxylation sites is 2. The number of amides is 2. The number of methoxy groups -OCH3 is 1. The third kappa shape index (κ3) is 4.12. The summed E-state index contributed by atoms with van der Waals surface area (Å²) in [6.45, 7) is 5.40. The first-order chi connectivity index (χ1) is 12.2. The van der Waals surface area contributed by atoms with E-state index in [1.165, 1.54) is 5.56 Å². The number of benzene rings is 2. The van der Waals surface area contributed by atoms with Crippen LogP contribution < -0.4 is 10.1 Å². The number of nitrogens with one attached hydrogen (secondary N) is 1. The summed E-state index contributed by atoms with van der Waals surface area (Å²) < 4.78 is 5.29. The first-order valence-electron chi connectivity index (χ1n) is 8.67. The van der Waals surface area contributed by atoms with Crippen LogP contribution in [0.25, 0.3) is 0 Å². The Morgan fingerprint density at radius 3 is 2.32 bits per heavy atom. The second-order valence-corrected chi connectivity index (χ2v) is 6.24. The van der Waals surface area contributed by atoms with Gasteiger partial charge in [-0.25, -0.2) is 4.79 Å². The van der Waals surface area contributed by atoms with Crippen molar-refractivity contribution in [2.45, 2.75) is 13.0 Å². The van der Waals surface area contributed by atoms with Crippen LogP contribution in [-0.4, -0.2) is 49.1 Å². The molecule has 5 nitrogen and oxygen atoms in total. The predicted molar refractivity (Wildman–Crippen MR) is 100 cm³/mol. The molecule has 0 saturated carbocycles. The molecule has 1 fully saturated rings. The average Bonchev–Trinajstić information content (AvgIpc) is 2.68. The highest BCUT2D eigenvalue weighted by Crippen LogP contribution is 2.24. The molecule has 0 aromatic heterocycles. The number of hydrogen-bond acceptors (Lipinski definition) is 3. The Labute approximate surface area is 149 Å². The van der Waals surface area contributed by atoms with E-state index in [2.05, 4.69) is 41.4 Å². The normalized spacial score (nSPS) is 16.3. The second-order valence-electron chi connectivity index (χ2n) is 6.24. The van der Waals surface area contributed by atoms with Crippen LogP contribution in [0.2, 0.25) is 0 Å². The lowest BCUT2D eigenvalue weighted by atomic mass is 10.1. The lowest BCUT2D eigenvalue weighted by Crippen LogP contribution is -2.50. The molecule has 2 aromatic rings. The van der Waals surface area contributed by atoms with E-state index < -0.39 is 0 Å². The zero-order chi connectivity index (χ0) is 17.6. The number of anilines is 1. The van der Waals surface area contributed by atoms with Crippen molar-refractivity contribution in [3.63, 3.8) is 0 Å². The van der Waals surface area contributed by atoms with E-state index in [4.69, 9.17) is 4.74 Å². The van der Waals surface area contributed by atoms with Crippen LogP contribution in [0.15, 0.2) is 54.6 Å². The number of nitrogens with zero attached hydrogens (tertiary/aromatic N) is 2. The van der Waals surface area contributed by atoms with Gasteiger partial charge < -0.3 is 15.0 Å². The number of rotatable bonds is 4. The van der Waals surface area contributed by atoms with Gasteiger partial charge >= 0.3 is 6.03 Å². The quantitative estimate of drug-likeness (QED) is 0.925. The fourth-order valence-corrected chi connectivity index (χ4v) is 3.20. The Morgan fingerprint density at radius 2 is 1.64 bits per heavy atom. The summed E-state index contributed by atoms with van der Waals surface area (Å²) in [6.07, 6.45) is 0. The number of urea groups is 1. The highest BCUT2D eigenvalue weighted by Gasteiger charge is 2.25. The predicted octanol–water partition coefficient (Wildman–Crippen LogP) is 3.61. The third-order valence-electron chi connectivity index (χ3n) is 4.78. The van der Waals surface area contributed by atoms with Crippen molar-refractivity contribution < 1.29 is 9.53 Å². The molecule has 132 valence electrons. The smallest absolute Gasteiger partial charge is 0.322 e. The first kappa shape index (κ1) is 17.3. The van der Waals surface area contributed by atoms with Gasteiger partial charge in [0.15, 0.2) is 0 Å². The Balaban J connectivity index is 1.56. The number of ether oxygens (including phenoxy) is 1. The maximum absolute atomic E-state index is 12.5. The van der Waals surface area contributed by atoms with Crippen LogP contribution in [0.1, 0.15) is 18.5 Å². The molecule has 1 aliphatic heterocycles. The minimum absolute atomic E-state index is 0.0727. The van der Waals surface area contributed by atoms with Crippen molar-refractivity contribution in [3.05, 3.63) is 60.2 Å². The van der Waals surface area contributed by atoms with Gasteiger partial charge in [0.2, 0.25) is 0 Å². The fourth-order valence-electron chi connectivity index (χ4n) is 3.20. The van der Waals surface area contributed by atoms with E-state index in [9.17, 15) is 4.79 Å². The Kier molecular flexibility index (Phi) is 5.56. The molecule has 2 amide bonds. The molecule has 1 aliphatic rings. The van der Waals surface area contributed by atoms with Crippen LogP contribution in [0.5, 0.6) is 5.75 Å². The molecule has 1 N–H and O–H groups in total. The SMILES string of the molecule is COc1ccccc1NC(=O)N1CCN(C(C)c2ccccc2)CC1. The maximum atomic E-state index is 12.5. The fraction of sp³-hybridized carbons (Fsp3) is 0.350. The summed E-state index contributed by atoms with van der Waals surface area (Å²) >= 11 is 0. The monoisotopic (exact) mass is 339 g/mol. The van der Waals surface area contributed by atoms with E-state index in [1.54, 1.807) is 7.11 Å². The van der Waals surface area contributed by atoms with E-state index in [-0.39, 0.29) is 6.03 Å². The van der Waals surface area contributed by atoms with Crippen LogP contribution in [-0.2, 0) is 0 Å². The Hall–Kier alpha value is -2.53. The number of hydrogen-bond donors (Lipinski definition) is 1. The molecule has 5 heteroatoms. The Morgan fingerprint density at radius 1 is 1.00 bits per heavy atom. The third-order valence-corrected chi connectivity index (χ3v) is 4.78. The molecular weight excluding hydrogens is 314 g/mol. The minimum atomic E-state index is -0.0727. The lowest BCUT2D eigenvalue weighted by Gasteiger charge is -2.38. The van der Waals surface area contributed by atoms with Gasteiger partial charge in [0.1, 0.15) is 5.75 Å². The van der Waals surface area contributed by atoms with Gasteiger partial charge in [-0.2, -0.15) is 0 Å². The van der Waals surface area contributed by atoms with Crippen molar-refractivity contribution in [2.24, 2.45) is 0 Å². The van der Waals surface area contributed by atoms with Gasteiger partial charge in [0, 0.05) is 32.2 Å². The molecule has 2 aromatic carbocycles. The number of carbonyl (C=O) groups excluding carboxylic acids is 1. The van der Waals surface area contributed by atoms with Crippen molar-refractivity contribution in [1.82, 2.24) is 9.80 Å². The summed E-state index contributed by atoms with van der Waals surface area (Å²) in [6, 6.07) is 18.3. The summed E-state index contributed by atoms with van der Waals surface area (Å²) in [5.74, 6) is 0.673. The molecule has 1 atom stereocenters.